The number of aliphatic hydroxyl groups is 1. The van der Waals surface area contributed by atoms with Crippen LogP contribution in [0, 0.1) is 0 Å². The molecule has 0 aliphatic rings. The molecule has 0 fully saturated rings. The molecule has 3 nitrogen and oxygen atoms in total. The highest BCUT2D eigenvalue weighted by molar-refractivity contribution is 4.83. The van der Waals surface area contributed by atoms with Gasteiger partial charge in [0.25, 0.3) is 6.43 Å². The zero-order valence-electron chi connectivity index (χ0n) is 12.0. The van der Waals surface area contributed by atoms with Crippen molar-refractivity contribution in [1.29, 1.82) is 0 Å². The molecule has 2 N–H and O–H groups in total. The van der Waals surface area contributed by atoms with Gasteiger partial charge in [-0.3, -0.25) is 0 Å². The summed E-state index contributed by atoms with van der Waals surface area (Å²) in [5.41, 5.74) is -0.268. The first-order valence-electron chi connectivity index (χ1n) is 6.64. The summed E-state index contributed by atoms with van der Waals surface area (Å²) in [6.07, 6.45) is 0.382. The van der Waals surface area contributed by atoms with Crippen molar-refractivity contribution >= 4 is 0 Å². The summed E-state index contributed by atoms with van der Waals surface area (Å²) >= 11 is 0. The van der Waals surface area contributed by atoms with E-state index in [0.29, 0.717) is 12.6 Å². The Morgan fingerprint density at radius 2 is 1.89 bits per heavy atom. The number of hydrogen-bond acceptors (Lipinski definition) is 3. The largest absolute Gasteiger partial charge is 0.394 e. The molecule has 110 valence electrons. The topological polar surface area (TPSA) is 35.5 Å². The van der Waals surface area contributed by atoms with Gasteiger partial charge in [-0.05, 0) is 33.4 Å². The summed E-state index contributed by atoms with van der Waals surface area (Å²) in [5.74, 6) is 0. The lowest BCUT2D eigenvalue weighted by Gasteiger charge is -2.31. The molecule has 5 heteroatoms. The highest BCUT2D eigenvalue weighted by atomic mass is 19.3. The number of aliphatic hydroxyl groups excluding tert-OH is 1. The second kappa shape index (κ2) is 8.77. The minimum atomic E-state index is -2.26. The zero-order valence-corrected chi connectivity index (χ0v) is 12.0. The molecule has 0 radical (unpaired) electrons. The molecule has 18 heavy (non-hydrogen) atoms. The molecule has 0 heterocycles. The molecule has 0 saturated carbocycles. The Hall–Kier alpha value is -0.260. The average molecular weight is 266 g/mol. The standard InChI is InChI=1S/C13H28F2N2O/c1-11(2)16-13(3,10-18)7-5-6-8-17(4)9-12(14)15/h11-12,16,18H,5-10H2,1-4H3. The first-order chi connectivity index (χ1) is 8.29. The minimum Gasteiger partial charge on any atom is -0.394 e. The van der Waals surface area contributed by atoms with Crippen LogP contribution in [0.25, 0.3) is 0 Å². The van der Waals surface area contributed by atoms with E-state index in [-0.39, 0.29) is 18.7 Å². The summed E-state index contributed by atoms with van der Waals surface area (Å²) in [5, 5.41) is 12.7. The Kier molecular flexibility index (Phi) is 8.65. The van der Waals surface area contributed by atoms with Gasteiger partial charge in [-0.1, -0.05) is 20.3 Å². The Morgan fingerprint density at radius 1 is 1.28 bits per heavy atom. The van der Waals surface area contributed by atoms with E-state index < -0.39 is 6.43 Å². The number of nitrogens with zero attached hydrogens (tertiary/aromatic N) is 1. The van der Waals surface area contributed by atoms with Crippen molar-refractivity contribution in [1.82, 2.24) is 10.2 Å². The van der Waals surface area contributed by atoms with Crippen molar-refractivity contribution in [3.05, 3.63) is 0 Å². The van der Waals surface area contributed by atoms with Gasteiger partial charge in [-0.15, -0.1) is 0 Å². The van der Waals surface area contributed by atoms with Gasteiger partial charge in [0.1, 0.15) is 0 Å². The van der Waals surface area contributed by atoms with Crippen LogP contribution in [0.4, 0.5) is 8.78 Å². The van der Waals surface area contributed by atoms with Crippen LogP contribution in [0.5, 0.6) is 0 Å². The van der Waals surface area contributed by atoms with E-state index in [1.165, 1.54) is 0 Å². The number of unbranched alkanes of at least 4 members (excludes halogenated alkanes) is 1. The maximum absolute atomic E-state index is 12.1. The number of hydrogen-bond donors (Lipinski definition) is 2. The van der Waals surface area contributed by atoms with Crippen LogP contribution in [-0.4, -0.2) is 54.8 Å². The maximum atomic E-state index is 12.1. The SMILES string of the molecule is CC(C)NC(C)(CO)CCCCN(C)CC(F)F. The second-order valence-electron chi connectivity index (χ2n) is 5.63. The van der Waals surface area contributed by atoms with Gasteiger partial charge < -0.3 is 15.3 Å². The lowest BCUT2D eigenvalue weighted by molar-refractivity contribution is 0.0984. The second-order valence-corrected chi connectivity index (χ2v) is 5.63. The van der Waals surface area contributed by atoms with E-state index in [2.05, 4.69) is 5.32 Å². The minimum absolute atomic E-state index is 0.0953. The zero-order chi connectivity index (χ0) is 14.2. The first kappa shape index (κ1) is 17.7. The molecule has 0 saturated heterocycles. The van der Waals surface area contributed by atoms with Crippen molar-refractivity contribution in [3.8, 4) is 0 Å². The van der Waals surface area contributed by atoms with Gasteiger partial charge in [-0.2, -0.15) is 0 Å². The van der Waals surface area contributed by atoms with E-state index in [4.69, 9.17) is 0 Å². The van der Waals surface area contributed by atoms with Crippen LogP contribution in [0.1, 0.15) is 40.0 Å². The summed E-state index contributed by atoms with van der Waals surface area (Å²) in [7, 11) is 1.71. The van der Waals surface area contributed by atoms with Gasteiger partial charge in [0.2, 0.25) is 0 Å². The molecule has 1 unspecified atom stereocenters. The van der Waals surface area contributed by atoms with Gasteiger partial charge >= 0.3 is 0 Å². The van der Waals surface area contributed by atoms with Crippen LogP contribution < -0.4 is 5.32 Å². The lowest BCUT2D eigenvalue weighted by atomic mass is 9.95. The van der Waals surface area contributed by atoms with E-state index in [0.717, 1.165) is 19.3 Å². The molecule has 0 aliphatic carbocycles. The Labute approximate surface area is 110 Å². The third-order valence-electron chi connectivity index (χ3n) is 2.95. The average Bonchev–Trinajstić information content (AvgIpc) is 2.22. The van der Waals surface area contributed by atoms with Gasteiger partial charge in [0.05, 0.1) is 13.2 Å². The molecule has 0 bridgehead atoms. The molecule has 0 rings (SSSR count). The normalized spacial score (nSPS) is 15.7. The Bertz CT molecular complexity index is 215. The van der Waals surface area contributed by atoms with Crippen molar-refractivity contribution in [2.75, 3.05) is 26.7 Å². The summed E-state index contributed by atoms with van der Waals surface area (Å²) in [6, 6.07) is 0.323. The fourth-order valence-corrected chi connectivity index (χ4v) is 2.12. The molecule has 0 aromatic heterocycles. The molecule has 1 atom stereocenters. The van der Waals surface area contributed by atoms with Crippen molar-refractivity contribution in [2.45, 2.75) is 58.0 Å². The molecular weight excluding hydrogens is 238 g/mol. The van der Waals surface area contributed by atoms with E-state index in [1.807, 2.05) is 20.8 Å². The number of halogens is 2. The number of alkyl halides is 2. The molecule has 0 spiro atoms. The van der Waals surface area contributed by atoms with Crippen LogP contribution in [-0.2, 0) is 0 Å². The fraction of sp³-hybridized carbons (Fsp3) is 1.00. The van der Waals surface area contributed by atoms with Gasteiger partial charge in [-0.25, -0.2) is 8.78 Å². The monoisotopic (exact) mass is 266 g/mol. The summed E-state index contributed by atoms with van der Waals surface area (Å²) in [4.78, 5) is 1.65. The third-order valence-corrected chi connectivity index (χ3v) is 2.95. The number of rotatable bonds is 10. The van der Waals surface area contributed by atoms with Crippen molar-refractivity contribution in [3.63, 3.8) is 0 Å². The van der Waals surface area contributed by atoms with Crippen LogP contribution in [0.2, 0.25) is 0 Å². The predicted octanol–water partition coefficient (Wildman–Crippen LogP) is 2.10. The van der Waals surface area contributed by atoms with Crippen LogP contribution in [0.3, 0.4) is 0 Å². The summed E-state index contributed by atoms with van der Waals surface area (Å²) in [6.45, 7) is 6.69. The van der Waals surface area contributed by atoms with Crippen LogP contribution >= 0.6 is 0 Å². The van der Waals surface area contributed by atoms with Crippen molar-refractivity contribution < 1.29 is 13.9 Å². The highest BCUT2D eigenvalue weighted by Gasteiger charge is 2.23. The quantitative estimate of drug-likeness (QED) is 0.594. The highest BCUT2D eigenvalue weighted by Crippen LogP contribution is 2.14. The number of nitrogens with one attached hydrogen (secondary N) is 1. The molecule has 0 aromatic carbocycles. The molecule has 0 aromatic rings. The van der Waals surface area contributed by atoms with E-state index >= 15 is 0 Å². The lowest BCUT2D eigenvalue weighted by Crippen LogP contribution is -2.49. The van der Waals surface area contributed by atoms with Crippen molar-refractivity contribution in [2.24, 2.45) is 0 Å². The van der Waals surface area contributed by atoms with Crippen LogP contribution in [0.15, 0.2) is 0 Å². The Morgan fingerprint density at radius 3 is 2.33 bits per heavy atom. The smallest absolute Gasteiger partial charge is 0.251 e. The predicted molar refractivity (Wildman–Crippen MR) is 71.1 cm³/mol. The fourth-order valence-electron chi connectivity index (χ4n) is 2.12. The maximum Gasteiger partial charge on any atom is 0.251 e. The molecule has 0 amide bonds. The van der Waals surface area contributed by atoms with E-state index in [9.17, 15) is 13.9 Å². The molecular formula is C13H28F2N2O. The van der Waals surface area contributed by atoms with Gasteiger partial charge in [0, 0.05) is 11.6 Å². The first-order valence-corrected chi connectivity index (χ1v) is 6.64. The molecule has 0 aliphatic heterocycles. The Balaban J connectivity index is 3.80. The summed E-state index contributed by atoms with van der Waals surface area (Å²) < 4.78 is 24.2. The van der Waals surface area contributed by atoms with E-state index in [1.54, 1.807) is 11.9 Å². The third kappa shape index (κ3) is 8.78. The van der Waals surface area contributed by atoms with Gasteiger partial charge in [0.15, 0.2) is 0 Å².